The number of aryl methyl sites for hydroxylation is 2. The molecule has 3 rings (SSSR count). The number of hydrogen-bond acceptors (Lipinski definition) is 4. The minimum absolute atomic E-state index is 0.0452. The highest BCUT2D eigenvalue weighted by Gasteiger charge is 2.26. The van der Waals surface area contributed by atoms with Crippen LogP contribution in [0.2, 0.25) is 5.02 Å². The zero-order valence-electron chi connectivity index (χ0n) is 15.9. The maximum atomic E-state index is 14.5. The summed E-state index contributed by atoms with van der Waals surface area (Å²) >= 11 is 7.06. The van der Waals surface area contributed by atoms with Gasteiger partial charge in [0.05, 0.1) is 17.6 Å². The second-order valence-corrected chi connectivity index (χ2v) is 7.89. The summed E-state index contributed by atoms with van der Waals surface area (Å²) in [5, 5.41) is 2.02. The van der Waals surface area contributed by atoms with Gasteiger partial charge in [-0.1, -0.05) is 29.8 Å². The van der Waals surface area contributed by atoms with Crippen LogP contribution in [0.3, 0.4) is 0 Å². The van der Waals surface area contributed by atoms with Crippen LogP contribution in [0.25, 0.3) is 10.4 Å². The van der Waals surface area contributed by atoms with Gasteiger partial charge in [-0.3, -0.25) is 4.79 Å². The predicted molar refractivity (Wildman–Crippen MR) is 110 cm³/mol. The molecule has 0 unspecified atom stereocenters. The third kappa shape index (κ3) is 4.09. The van der Waals surface area contributed by atoms with Crippen LogP contribution in [0, 0.1) is 25.5 Å². The molecule has 3 nitrogen and oxygen atoms in total. The standard InChI is InChI=1S/C22H17ClF2O3S/c1-11-4-6-14(23)9-16(11)17(26)8-13-10-29-21(18(13)22(27)28-3)15-7-5-12(2)19(24)20(15)25/h4-7,9-10H,8H2,1-3H3. The fraction of sp³-hybridized carbons (Fsp3) is 0.182. The highest BCUT2D eigenvalue weighted by molar-refractivity contribution is 7.14. The Labute approximate surface area is 175 Å². The molecular weight excluding hydrogens is 418 g/mol. The van der Waals surface area contributed by atoms with E-state index in [9.17, 15) is 18.4 Å². The zero-order valence-corrected chi connectivity index (χ0v) is 17.5. The monoisotopic (exact) mass is 434 g/mol. The fourth-order valence-corrected chi connectivity index (χ4v) is 4.28. The predicted octanol–water partition coefficient (Wildman–Crippen LogP) is 6.18. The van der Waals surface area contributed by atoms with E-state index in [4.69, 9.17) is 16.3 Å². The van der Waals surface area contributed by atoms with E-state index < -0.39 is 17.6 Å². The van der Waals surface area contributed by atoms with Crippen molar-refractivity contribution in [2.24, 2.45) is 0 Å². The van der Waals surface area contributed by atoms with Crippen LogP contribution in [0.4, 0.5) is 8.78 Å². The number of Topliss-reactive ketones (excluding diaryl/α,β-unsaturated/α-hetero) is 1. The van der Waals surface area contributed by atoms with Gasteiger partial charge in [-0.05, 0) is 48.1 Å². The van der Waals surface area contributed by atoms with Crippen LogP contribution in [-0.4, -0.2) is 18.9 Å². The summed E-state index contributed by atoms with van der Waals surface area (Å²) in [6, 6.07) is 7.85. The Morgan fingerprint density at radius 3 is 2.45 bits per heavy atom. The first-order chi connectivity index (χ1) is 13.7. The summed E-state index contributed by atoms with van der Waals surface area (Å²) in [6.45, 7) is 3.24. The number of ketones is 1. The van der Waals surface area contributed by atoms with E-state index in [1.54, 1.807) is 30.5 Å². The number of thiophene rings is 1. The molecule has 1 heterocycles. The molecule has 0 aliphatic rings. The van der Waals surface area contributed by atoms with E-state index in [-0.39, 0.29) is 33.8 Å². The molecule has 7 heteroatoms. The molecule has 2 aromatic carbocycles. The molecule has 0 bridgehead atoms. The van der Waals surface area contributed by atoms with Crippen LogP contribution in [0.1, 0.15) is 37.4 Å². The maximum absolute atomic E-state index is 14.5. The van der Waals surface area contributed by atoms with E-state index in [1.807, 2.05) is 0 Å². The van der Waals surface area contributed by atoms with Gasteiger partial charge in [0, 0.05) is 22.6 Å². The molecule has 0 saturated carbocycles. The lowest BCUT2D eigenvalue weighted by Crippen LogP contribution is -2.11. The molecule has 0 saturated heterocycles. The molecule has 0 radical (unpaired) electrons. The SMILES string of the molecule is COC(=O)c1c(CC(=O)c2cc(Cl)ccc2C)csc1-c1ccc(C)c(F)c1F. The molecule has 1 aromatic heterocycles. The Hall–Kier alpha value is -2.57. The minimum Gasteiger partial charge on any atom is -0.465 e. The first-order valence-corrected chi connectivity index (χ1v) is 9.93. The topological polar surface area (TPSA) is 43.4 Å². The summed E-state index contributed by atoms with van der Waals surface area (Å²) in [5.74, 6) is -2.97. The summed E-state index contributed by atoms with van der Waals surface area (Å²) in [7, 11) is 1.20. The smallest absolute Gasteiger partial charge is 0.339 e. The van der Waals surface area contributed by atoms with Gasteiger partial charge in [0.2, 0.25) is 0 Å². The minimum atomic E-state index is -1.04. The van der Waals surface area contributed by atoms with E-state index in [0.29, 0.717) is 16.1 Å². The van der Waals surface area contributed by atoms with Crippen molar-refractivity contribution < 1.29 is 23.1 Å². The Morgan fingerprint density at radius 1 is 1.07 bits per heavy atom. The molecule has 0 amide bonds. The Kier molecular flexibility index (Phi) is 6.15. The number of carbonyl (C=O) groups is 2. The van der Waals surface area contributed by atoms with Crippen LogP contribution in [0.15, 0.2) is 35.7 Å². The first kappa shape index (κ1) is 21.1. The van der Waals surface area contributed by atoms with Crippen molar-refractivity contribution in [3.63, 3.8) is 0 Å². The van der Waals surface area contributed by atoms with Gasteiger partial charge >= 0.3 is 5.97 Å². The molecule has 0 N–H and O–H groups in total. The number of ether oxygens (including phenoxy) is 1. The average molecular weight is 435 g/mol. The molecule has 0 atom stereocenters. The second-order valence-electron chi connectivity index (χ2n) is 6.57. The van der Waals surface area contributed by atoms with E-state index >= 15 is 0 Å². The molecule has 29 heavy (non-hydrogen) atoms. The number of methoxy groups -OCH3 is 1. The van der Waals surface area contributed by atoms with Gasteiger partial charge in [-0.15, -0.1) is 11.3 Å². The number of hydrogen-bond donors (Lipinski definition) is 0. The first-order valence-electron chi connectivity index (χ1n) is 8.67. The highest BCUT2D eigenvalue weighted by Crippen LogP contribution is 2.37. The molecule has 0 aliphatic carbocycles. The van der Waals surface area contributed by atoms with Gasteiger partial charge in [0.1, 0.15) is 0 Å². The molecular formula is C22H17ClF2O3S. The van der Waals surface area contributed by atoms with Gasteiger partial charge in [0.25, 0.3) is 0 Å². The number of halogens is 3. The third-order valence-electron chi connectivity index (χ3n) is 4.63. The van der Waals surface area contributed by atoms with E-state index in [1.165, 1.54) is 26.2 Å². The third-order valence-corrected chi connectivity index (χ3v) is 5.92. The van der Waals surface area contributed by atoms with Crippen LogP contribution < -0.4 is 0 Å². The lowest BCUT2D eigenvalue weighted by Gasteiger charge is -2.09. The van der Waals surface area contributed by atoms with Crippen LogP contribution in [-0.2, 0) is 11.2 Å². The van der Waals surface area contributed by atoms with Crippen molar-refractivity contribution in [3.8, 4) is 10.4 Å². The lowest BCUT2D eigenvalue weighted by molar-refractivity contribution is 0.0601. The highest BCUT2D eigenvalue weighted by atomic mass is 35.5. The lowest BCUT2D eigenvalue weighted by atomic mass is 9.96. The van der Waals surface area contributed by atoms with Gasteiger partial charge in [0.15, 0.2) is 17.4 Å². The summed E-state index contributed by atoms with van der Waals surface area (Å²) in [5.41, 5.74) is 1.76. The van der Waals surface area contributed by atoms with E-state index in [0.717, 1.165) is 16.9 Å². The van der Waals surface area contributed by atoms with Gasteiger partial charge in [-0.2, -0.15) is 0 Å². The summed E-state index contributed by atoms with van der Waals surface area (Å²) in [6.07, 6.45) is -0.0991. The Bertz CT molecular complexity index is 1120. The van der Waals surface area contributed by atoms with Crippen molar-refractivity contribution in [1.82, 2.24) is 0 Å². The van der Waals surface area contributed by atoms with Gasteiger partial charge < -0.3 is 4.74 Å². The Morgan fingerprint density at radius 2 is 1.76 bits per heavy atom. The summed E-state index contributed by atoms with van der Waals surface area (Å²) in [4.78, 5) is 25.5. The van der Waals surface area contributed by atoms with Crippen molar-refractivity contribution in [2.45, 2.75) is 20.3 Å². The molecule has 0 fully saturated rings. The number of esters is 1. The zero-order chi connectivity index (χ0) is 21.3. The fourth-order valence-electron chi connectivity index (χ4n) is 3.03. The van der Waals surface area contributed by atoms with E-state index in [2.05, 4.69) is 0 Å². The van der Waals surface area contributed by atoms with Crippen molar-refractivity contribution in [1.29, 1.82) is 0 Å². The summed E-state index contributed by atoms with van der Waals surface area (Å²) < 4.78 is 33.4. The van der Waals surface area contributed by atoms with Crippen molar-refractivity contribution in [2.75, 3.05) is 7.11 Å². The molecule has 0 spiro atoms. The van der Waals surface area contributed by atoms with Crippen molar-refractivity contribution in [3.05, 3.63) is 80.2 Å². The number of rotatable bonds is 5. The largest absolute Gasteiger partial charge is 0.465 e. The Balaban J connectivity index is 2.08. The average Bonchev–Trinajstić information content (AvgIpc) is 3.10. The molecule has 3 aromatic rings. The van der Waals surface area contributed by atoms with Crippen LogP contribution in [0.5, 0.6) is 0 Å². The maximum Gasteiger partial charge on any atom is 0.339 e. The van der Waals surface area contributed by atoms with Crippen LogP contribution >= 0.6 is 22.9 Å². The second kappa shape index (κ2) is 8.43. The molecule has 150 valence electrons. The molecule has 0 aliphatic heterocycles. The van der Waals surface area contributed by atoms with Crippen molar-refractivity contribution >= 4 is 34.7 Å². The normalized spacial score (nSPS) is 10.8. The van der Waals surface area contributed by atoms with Gasteiger partial charge in [-0.25, -0.2) is 13.6 Å². The number of benzene rings is 2. The quantitative estimate of drug-likeness (QED) is 0.356. The number of carbonyl (C=O) groups excluding carboxylic acids is 2.